The molecule has 4 amide bonds. The fraction of sp³-hybridized carbons (Fsp3) is 0.250. The lowest BCUT2D eigenvalue weighted by Crippen LogP contribution is -2.47. The molecule has 0 saturated heterocycles. The summed E-state index contributed by atoms with van der Waals surface area (Å²) in [6, 6.07) is 6.05. The van der Waals surface area contributed by atoms with Gasteiger partial charge in [0, 0.05) is 18.1 Å². The molecule has 2 aliphatic heterocycles. The van der Waals surface area contributed by atoms with Crippen LogP contribution < -0.4 is 10.6 Å². The van der Waals surface area contributed by atoms with E-state index in [1.165, 1.54) is 9.80 Å². The van der Waals surface area contributed by atoms with E-state index in [2.05, 4.69) is 23.8 Å². The molecule has 146 valence electrons. The van der Waals surface area contributed by atoms with E-state index in [-0.39, 0.29) is 37.5 Å². The van der Waals surface area contributed by atoms with Gasteiger partial charge < -0.3 is 15.5 Å². The topological polar surface area (TPSA) is 81.8 Å². The van der Waals surface area contributed by atoms with Crippen molar-refractivity contribution in [3.05, 3.63) is 71.4 Å². The quantitative estimate of drug-likeness (QED) is 0.687. The first-order valence-corrected chi connectivity index (χ1v) is 9.18. The fourth-order valence-corrected chi connectivity index (χ4v) is 3.55. The average molecular weight is 401 g/mol. The highest BCUT2D eigenvalue weighted by Crippen LogP contribution is 2.36. The molecule has 0 bridgehead atoms. The summed E-state index contributed by atoms with van der Waals surface area (Å²) >= 11 is 6.10. The minimum Gasteiger partial charge on any atom is -0.351 e. The predicted octanol–water partition coefficient (Wildman–Crippen LogP) is 1.99. The molecule has 0 fully saturated rings. The molecule has 0 saturated carbocycles. The van der Waals surface area contributed by atoms with E-state index < -0.39 is 6.04 Å². The lowest BCUT2D eigenvalue weighted by molar-refractivity contribution is -0.131. The third-order valence-electron chi connectivity index (χ3n) is 4.57. The standard InChI is InChI=1S/C20H21ClN4O3/c1-3-8-22-16(26)12-24-11-15-17(19(24)27)18(13-6-5-7-14(21)10-13)23-20(28)25(15)9-4-2/h3-7,10,18H,1-2,8-9,11-12H2,(H,22,26)(H,23,28)/t18-/m1/s1. The highest BCUT2D eigenvalue weighted by Gasteiger charge is 2.44. The molecule has 2 heterocycles. The Morgan fingerprint density at radius 3 is 2.79 bits per heavy atom. The minimum atomic E-state index is -0.629. The summed E-state index contributed by atoms with van der Waals surface area (Å²) in [5, 5.41) is 6.03. The first-order chi connectivity index (χ1) is 13.5. The second-order valence-corrected chi connectivity index (χ2v) is 6.89. The molecule has 2 aliphatic rings. The Labute approximate surface area is 168 Å². The van der Waals surface area contributed by atoms with Crippen LogP contribution in [-0.2, 0) is 9.59 Å². The second kappa shape index (κ2) is 8.31. The van der Waals surface area contributed by atoms with Crippen LogP contribution in [0.4, 0.5) is 4.79 Å². The van der Waals surface area contributed by atoms with Crippen molar-refractivity contribution in [1.29, 1.82) is 0 Å². The Morgan fingerprint density at radius 2 is 2.11 bits per heavy atom. The Kier molecular flexibility index (Phi) is 5.84. The van der Waals surface area contributed by atoms with Gasteiger partial charge in [-0.05, 0) is 17.7 Å². The van der Waals surface area contributed by atoms with Gasteiger partial charge >= 0.3 is 6.03 Å². The highest BCUT2D eigenvalue weighted by atomic mass is 35.5. The lowest BCUT2D eigenvalue weighted by Gasteiger charge is -2.33. The first kappa shape index (κ1) is 19.7. The number of nitrogens with zero attached hydrogens (tertiary/aromatic N) is 2. The second-order valence-electron chi connectivity index (χ2n) is 6.45. The van der Waals surface area contributed by atoms with Crippen molar-refractivity contribution in [3.8, 4) is 0 Å². The van der Waals surface area contributed by atoms with E-state index in [0.29, 0.717) is 28.4 Å². The number of hydrogen-bond acceptors (Lipinski definition) is 3. The molecular weight excluding hydrogens is 380 g/mol. The maximum absolute atomic E-state index is 13.1. The summed E-state index contributed by atoms with van der Waals surface area (Å²) in [5.74, 6) is -0.579. The van der Waals surface area contributed by atoms with Crippen molar-refractivity contribution in [3.63, 3.8) is 0 Å². The molecule has 0 aliphatic carbocycles. The van der Waals surface area contributed by atoms with Gasteiger partial charge in [0.15, 0.2) is 0 Å². The van der Waals surface area contributed by atoms with E-state index in [1.807, 2.05) is 0 Å². The van der Waals surface area contributed by atoms with Crippen LogP contribution in [0.1, 0.15) is 11.6 Å². The van der Waals surface area contributed by atoms with E-state index >= 15 is 0 Å². The van der Waals surface area contributed by atoms with Crippen molar-refractivity contribution >= 4 is 29.4 Å². The molecule has 28 heavy (non-hydrogen) atoms. The summed E-state index contributed by atoms with van der Waals surface area (Å²) in [7, 11) is 0. The molecule has 0 aromatic heterocycles. The molecule has 1 aromatic carbocycles. The Hall–Kier alpha value is -3.06. The molecule has 7 nitrogen and oxygen atoms in total. The van der Waals surface area contributed by atoms with Crippen molar-refractivity contribution in [2.24, 2.45) is 0 Å². The van der Waals surface area contributed by atoms with Gasteiger partial charge in [-0.3, -0.25) is 14.5 Å². The summed E-state index contributed by atoms with van der Waals surface area (Å²) in [6.07, 6.45) is 3.16. The van der Waals surface area contributed by atoms with Gasteiger partial charge in [-0.25, -0.2) is 4.79 Å². The monoisotopic (exact) mass is 400 g/mol. The molecular formula is C20H21ClN4O3. The zero-order valence-corrected chi connectivity index (χ0v) is 16.0. The lowest BCUT2D eigenvalue weighted by atomic mass is 9.95. The molecule has 2 N–H and O–H groups in total. The van der Waals surface area contributed by atoms with Crippen LogP contribution in [0.3, 0.4) is 0 Å². The van der Waals surface area contributed by atoms with Gasteiger partial charge in [0.2, 0.25) is 5.91 Å². The van der Waals surface area contributed by atoms with E-state index in [1.54, 1.807) is 36.4 Å². The Bertz CT molecular complexity index is 880. The maximum Gasteiger partial charge on any atom is 0.322 e. The number of carbonyl (C=O) groups excluding carboxylic acids is 3. The molecule has 3 rings (SSSR count). The van der Waals surface area contributed by atoms with Gasteiger partial charge in [0.05, 0.1) is 23.9 Å². The minimum absolute atomic E-state index is 0.0991. The third-order valence-corrected chi connectivity index (χ3v) is 4.80. The molecule has 0 spiro atoms. The number of urea groups is 1. The van der Waals surface area contributed by atoms with Crippen LogP contribution >= 0.6 is 11.6 Å². The molecule has 8 heteroatoms. The van der Waals surface area contributed by atoms with Crippen LogP contribution in [0.2, 0.25) is 5.02 Å². The molecule has 1 atom stereocenters. The number of rotatable bonds is 7. The van der Waals surface area contributed by atoms with Gasteiger partial charge in [0.25, 0.3) is 5.91 Å². The fourth-order valence-electron chi connectivity index (χ4n) is 3.35. The molecule has 0 unspecified atom stereocenters. The van der Waals surface area contributed by atoms with Crippen molar-refractivity contribution in [2.75, 3.05) is 26.2 Å². The van der Waals surface area contributed by atoms with Crippen LogP contribution in [0, 0.1) is 0 Å². The van der Waals surface area contributed by atoms with Crippen LogP contribution in [0.25, 0.3) is 0 Å². The summed E-state index contributed by atoms with van der Waals surface area (Å²) in [6.45, 7) is 7.89. The zero-order valence-electron chi connectivity index (χ0n) is 15.3. The van der Waals surface area contributed by atoms with E-state index in [9.17, 15) is 14.4 Å². The largest absolute Gasteiger partial charge is 0.351 e. The van der Waals surface area contributed by atoms with Crippen LogP contribution in [-0.4, -0.2) is 53.8 Å². The maximum atomic E-state index is 13.1. The molecule has 0 radical (unpaired) electrons. The van der Waals surface area contributed by atoms with Gasteiger partial charge in [-0.2, -0.15) is 0 Å². The Morgan fingerprint density at radius 1 is 1.32 bits per heavy atom. The van der Waals surface area contributed by atoms with Gasteiger partial charge in [-0.15, -0.1) is 13.2 Å². The number of benzene rings is 1. The molecule has 1 aromatic rings. The summed E-state index contributed by atoms with van der Waals surface area (Å²) in [4.78, 5) is 40.7. The first-order valence-electron chi connectivity index (χ1n) is 8.80. The summed E-state index contributed by atoms with van der Waals surface area (Å²) < 4.78 is 0. The van der Waals surface area contributed by atoms with Crippen LogP contribution in [0.5, 0.6) is 0 Å². The van der Waals surface area contributed by atoms with Gasteiger partial charge in [-0.1, -0.05) is 35.9 Å². The van der Waals surface area contributed by atoms with Crippen molar-refractivity contribution < 1.29 is 14.4 Å². The van der Waals surface area contributed by atoms with Crippen molar-refractivity contribution in [1.82, 2.24) is 20.4 Å². The van der Waals surface area contributed by atoms with E-state index in [0.717, 1.165) is 0 Å². The normalized spacial score (nSPS) is 18.7. The summed E-state index contributed by atoms with van der Waals surface area (Å²) in [5.41, 5.74) is 1.73. The average Bonchev–Trinajstić information content (AvgIpc) is 2.98. The number of carbonyl (C=O) groups is 3. The Balaban J connectivity index is 1.94. The predicted molar refractivity (Wildman–Crippen MR) is 106 cm³/mol. The highest BCUT2D eigenvalue weighted by molar-refractivity contribution is 6.30. The SMILES string of the molecule is C=CCNC(=O)CN1CC2=C(C1=O)[C@@H](c1cccc(Cl)c1)NC(=O)N2CC=C. The zero-order chi connectivity index (χ0) is 20.3. The number of amides is 4. The number of nitrogens with one attached hydrogen (secondary N) is 2. The van der Waals surface area contributed by atoms with Crippen LogP contribution in [0.15, 0.2) is 60.8 Å². The smallest absolute Gasteiger partial charge is 0.322 e. The van der Waals surface area contributed by atoms with Gasteiger partial charge in [0.1, 0.15) is 6.54 Å². The number of halogens is 1. The third kappa shape index (κ3) is 3.80. The van der Waals surface area contributed by atoms with Crippen molar-refractivity contribution in [2.45, 2.75) is 6.04 Å². The number of hydrogen-bond donors (Lipinski definition) is 2. The van der Waals surface area contributed by atoms with E-state index in [4.69, 9.17) is 11.6 Å².